The lowest BCUT2D eigenvalue weighted by atomic mass is 9.92. The van der Waals surface area contributed by atoms with Gasteiger partial charge in [0.1, 0.15) is 0 Å². The minimum Gasteiger partial charge on any atom is -0.395 e. The lowest BCUT2D eigenvalue weighted by Gasteiger charge is -2.30. The Kier molecular flexibility index (Phi) is 4.56. The van der Waals surface area contributed by atoms with Gasteiger partial charge in [-0.3, -0.25) is 4.90 Å². The monoisotopic (exact) mass is 214 g/mol. The van der Waals surface area contributed by atoms with Gasteiger partial charge in [0.25, 0.3) is 0 Å². The molecule has 0 saturated carbocycles. The Labute approximate surface area is 94.1 Å². The molecule has 0 aliphatic carbocycles. The molecule has 15 heavy (non-hydrogen) atoms. The summed E-state index contributed by atoms with van der Waals surface area (Å²) in [4.78, 5) is 4.79. The molecule has 1 rings (SSSR count). The lowest BCUT2D eigenvalue weighted by Crippen LogP contribution is -2.41. The summed E-state index contributed by atoms with van der Waals surface area (Å²) in [6, 6.07) is 0.304. The van der Waals surface area contributed by atoms with E-state index in [0.717, 1.165) is 26.2 Å². The molecular formula is C12H26N2O. The van der Waals surface area contributed by atoms with Crippen LogP contribution < -0.4 is 0 Å². The third kappa shape index (κ3) is 3.74. The van der Waals surface area contributed by atoms with Gasteiger partial charge < -0.3 is 10.0 Å². The fraction of sp³-hybridized carbons (Fsp3) is 1.00. The highest BCUT2D eigenvalue weighted by molar-refractivity contribution is 4.86. The predicted octanol–water partition coefficient (Wildman–Crippen LogP) is 1.03. The molecule has 3 heteroatoms. The molecule has 1 aliphatic rings. The van der Waals surface area contributed by atoms with Crippen LogP contribution in [0.5, 0.6) is 0 Å². The predicted molar refractivity (Wildman–Crippen MR) is 64.0 cm³/mol. The van der Waals surface area contributed by atoms with E-state index in [-0.39, 0.29) is 6.61 Å². The highest BCUT2D eigenvalue weighted by Crippen LogP contribution is 2.23. The van der Waals surface area contributed by atoms with Crippen molar-refractivity contribution in [1.82, 2.24) is 9.80 Å². The second-order valence-corrected chi connectivity index (χ2v) is 5.65. The number of likely N-dealkylation sites (N-methyl/N-ethyl adjacent to an activating group) is 1. The number of hydrogen-bond acceptors (Lipinski definition) is 3. The summed E-state index contributed by atoms with van der Waals surface area (Å²) < 4.78 is 0. The van der Waals surface area contributed by atoms with Gasteiger partial charge in [-0.25, -0.2) is 0 Å². The van der Waals surface area contributed by atoms with Crippen LogP contribution >= 0.6 is 0 Å². The van der Waals surface area contributed by atoms with E-state index in [4.69, 9.17) is 0 Å². The van der Waals surface area contributed by atoms with Gasteiger partial charge in [0.05, 0.1) is 6.61 Å². The molecule has 0 spiro atoms. The van der Waals surface area contributed by atoms with Gasteiger partial charge in [0.2, 0.25) is 0 Å². The Morgan fingerprint density at radius 1 is 1.33 bits per heavy atom. The largest absolute Gasteiger partial charge is 0.395 e. The van der Waals surface area contributed by atoms with Crippen molar-refractivity contribution in [3.63, 3.8) is 0 Å². The molecule has 0 aromatic carbocycles. The van der Waals surface area contributed by atoms with Crippen molar-refractivity contribution >= 4 is 0 Å². The van der Waals surface area contributed by atoms with Gasteiger partial charge in [-0.1, -0.05) is 20.8 Å². The van der Waals surface area contributed by atoms with E-state index in [1.807, 2.05) is 0 Å². The molecule has 3 nitrogen and oxygen atoms in total. The second-order valence-electron chi connectivity index (χ2n) is 5.65. The Morgan fingerprint density at radius 3 is 2.53 bits per heavy atom. The molecule has 1 saturated heterocycles. The smallest absolute Gasteiger partial charge is 0.0599 e. The van der Waals surface area contributed by atoms with E-state index >= 15 is 0 Å². The maximum atomic E-state index is 9.37. The van der Waals surface area contributed by atoms with Crippen LogP contribution in [-0.2, 0) is 0 Å². The van der Waals surface area contributed by atoms with E-state index in [2.05, 4.69) is 37.6 Å². The number of nitrogens with zero attached hydrogens (tertiary/aromatic N) is 2. The molecule has 1 unspecified atom stereocenters. The van der Waals surface area contributed by atoms with E-state index < -0.39 is 0 Å². The van der Waals surface area contributed by atoms with Crippen molar-refractivity contribution < 1.29 is 5.11 Å². The van der Waals surface area contributed by atoms with Gasteiger partial charge >= 0.3 is 0 Å². The fourth-order valence-electron chi connectivity index (χ4n) is 2.65. The van der Waals surface area contributed by atoms with E-state index in [0.29, 0.717) is 11.5 Å². The van der Waals surface area contributed by atoms with Crippen LogP contribution in [0.1, 0.15) is 27.2 Å². The van der Waals surface area contributed by atoms with Crippen molar-refractivity contribution in [2.24, 2.45) is 5.41 Å². The van der Waals surface area contributed by atoms with Gasteiger partial charge in [-0.15, -0.1) is 0 Å². The molecule has 0 aromatic rings. The molecule has 1 atom stereocenters. The first-order valence-corrected chi connectivity index (χ1v) is 6.02. The van der Waals surface area contributed by atoms with Crippen molar-refractivity contribution in [2.75, 3.05) is 39.8 Å². The maximum Gasteiger partial charge on any atom is 0.0599 e. The summed E-state index contributed by atoms with van der Waals surface area (Å²) in [5.41, 5.74) is 0.327. The van der Waals surface area contributed by atoms with Crippen molar-refractivity contribution in [3.05, 3.63) is 0 Å². The first kappa shape index (κ1) is 12.9. The van der Waals surface area contributed by atoms with Gasteiger partial charge in [-0.2, -0.15) is 0 Å². The van der Waals surface area contributed by atoms with Crippen LogP contribution in [0, 0.1) is 5.41 Å². The molecule has 90 valence electrons. The molecule has 0 radical (unpaired) electrons. The van der Waals surface area contributed by atoms with Crippen LogP contribution in [0.3, 0.4) is 0 Å². The molecule has 0 bridgehead atoms. The standard InChI is InChI=1S/C12H26N2O/c1-5-6-14-7-11(8-15)13(4)9-12(2,3)10-14/h11,15H,5-10H2,1-4H3. The van der Waals surface area contributed by atoms with Crippen LogP contribution in [0.2, 0.25) is 0 Å². The normalized spacial score (nSPS) is 29.0. The van der Waals surface area contributed by atoms with E-state index in [9.17, 15) is 5.11 Å². The first-order valence-electron chi connectivity index (χ1n) is 6.02. The van der Waals surface area contributed by atoms with Crippen molar-refractivity contribution in [3.8, 4) is 0 Å². The Morgan fingerprint density at radius 2 is 2.00 bits per heavy atom. The van der Waals surface area contributed by atoms with Crippen LogP contribution in [0.4, 0.5) is 0 Å². The first-order chi connectivity index (χ1) is 6.98. The Balaban J connectivity index is 2.68. The molecule has 1 aliphatic heterocycles. The van der Waals surface area contributed by atoms with Crippen molar-refractivity contribution in [2.45, 2.75) is 33.2 Å². The SMILES string of the molecule is CCCN1CC(CO)N(C)CC(C)(C)C1. The number of aliphatic hydroxyl groups excluding tert-OH is 1. The maximum absolute atomic E-state index is 9.37. The zero-order valence-corrected chi connectivity index (χ0v) is 10.7. The van der Waals surface area contributed by atoms with E-state index in [1.165, 1.54) is 6.42 Å². The molecule has 1 N–H and O–H groups in total. The average molecular weight is 214 g/mol. The molecule has 1 heterocycles. The molecule has 0 amide bonds. The van der Waals surface area contributed by atoms with Crippen LogP contribution in [0.25, 0.3) is 0 Å². The molecule has 0 aromatic heterocycles. The zero-order chi connectivity index (χ0) is 11.5. The quantitative estimate of drug-likeness (QED) is 0.760. The summed E-state index contributed by atoms with van der Waals surface area (Å²) in [7, 11) is 2.12. The number of aliphatic hydroxyl groups is 1. The topological polar surface area (TPSA) is 26.7 Å². The van der Waals surface area contributed by atoms with Gasteiger partial charge in [0, 0.05) is 25.7 Å². The number of hydrogen-bond donors (Lipinski definition) is 1. The highest BCUT2D eigenvalue weighted by atomic mass is 16.3. The summed E-state index contributed by atoms with van der Waals surface area (Å²) in [5, 5.41) is 9.37. The van der Waals surface area contributed by atoms with Gasteiger partial charge in [0.15, 0.2) is 0 Å². The van der Waals surface area contributed by atoms with E-state index in [1.54, 1.807) is 0 Å². The molecular weight excluding hydrogens is 188 g/mol. The number of rotatable bonds is 3. The minimum absolute atomic E-state index is 0.271. The third-order valence-corrected chi connectivity index (χ3v) is 3.17. The fourth-order valence-corrected chi connectivity index (χ4v) is 2.65. The lowest BCUT2D eigenvalue weighted by molar-refractivity contribution is 0.126. The Hall–Kier alpha value is -0.120. The van der Waals surface area contributed by atoms with Crippen LogP contribution in [-0.4, -0.2) is 60.8 Å². The highest BCUT2D eigenvalue weighted by Gasteiger charge is 2.31. The van der Waals surface area contributed by atoms with Crippen LogP contribution in [0.15, 0.2) is 0 Å². The minimum atomic E-state index is 0.271. The average Bonchev–Trinajstić information content (AvgIpc) is 2.21. The summed E-state index contributed by atoms with van der Waals surface area (Å²) >= 11 is 0. The Bertz CT molecular complexity index is 194. The second kappa shape index (κ2) is 5.28. The zero-order valence-electron chi connectivity index (χ0n) is 10.7. The van der Waals surface area contributed by atoms with Gasteiger partial charge in [-0.05, 0) is 25.4 Å². The molecule has 1 fully saturated rings. The van der Waals surface area contributed by atoms with Crippen molar-refractivity contribution in [1.29, 1.82) is 0 Å². The summed E-state index contributed by atoms with van der Waals surface area (Å²) in [6.07, 6.45) is 1.19. The summed E-state index contributed by atoms with van der Waals surface area (Å²) in [6.45, 7) is 11.5. The third-order valence-electron chi connectivity index (χ3n) is 3.17. The summed E-state index contributed by atoms with van der Waals surface area (Å²) in [5.74, 6) is 0.